The molecule has 0 bridgehead atoms. The van der Waals surface area contributed by atoms with Crippen molar-refractivity contribution in [2.24, 2.45) is 0 Å². The molecule has 0 unspecified atom stereocenters. The molecular weight excluding hydrogens is 392 g/mol. The normalized spacial score (nSPS) is 10.5. The summed E-state index contributed by atoms with van der Waals surface area (Å²) in [6.45, 7) is 6.34. The van der Waals surface area contributed by atoms with E-state index >= 15 is 0 Å². The fourth-order valence-corrected chi connectivity index (χ4v) is 3.79. The molecule has 5 aromatic rings. The van der Waals surface area contributed by atoms with Crippen LogP contribution in [-0.2, 0) is 0 Å². The lowest BCUT2D eigenvalue weighted by Gasteiger charge is -2.08. The van der Waals surface area contributed by atoms with Gasteiger partial charge >= 0.3 is 5.69 Å². The van der Waals surface area contributed by atoms with Crippen LogP contribution in [0, 0.1) is 20.8 Å². The van der Waals surface area contributed by atoms with Crippen molar-refractivity contribution >= 4 is 10.9 Å². The van der Waals surface area contributed by atoms with Crippen molar-refractivity contribution in [2.75, 3.05) is 0 Å². The lowest BCUT2D eigenvalue weighted by molar-refractivity contribution is 1.12. The Morgan fingerprint density at radius 3 is 1.75 bits per heavy atom. The van der Waals surface area contributed by atoms with E-state index < -0.39 is 0 Å². The van der Waals surface area contributed by atoms with Gasteiger partial charge in [-0.15, -0.1) is 0 Å². The van der Waals surface area contributed by atoms with E-state index in [1.54, 1.807) is 0 Å². The van der Waals surface area contributed by atoms with Gasteiger partial charge in [0.2, 0.25) is 0 Å². The van der Waals surface area contributed by atoms with Gasteiger partial charge in [0.1, 0.15) is 0 Å². The van der Waals surface area contributed by atoms with E-state index in [4.69, 9.17) is 0 Å². The fourth-order valence-electron chi connectivity index (χ4n) is 3.79. The van der Waals surface area contributed by atoms with Crippen LogP contribution in [0.15, 0.2) is 102 Å². The van der Waals surface area contributed by atoms with Gasteiger partial charge in [-0.3, -0.25) is 0 Å². The number of benzene rings is 4. The molecule has 0 amide bonds. The van der Waals surface area contributed by atoms with Crippen molar-refractivity contribution in [1.29, 1.82) is 0 Å². The van der Waals surface area contributed by atoms with Gasteiger partial charge in [-0.25, -0.2) is 4.79 Å². The zero-order chi connectivity index (χ0) is 22.5. The number of hydrogen-bond donors (Lipinski definition) is 1. The Balaban J connectivity index is 0.000000158. The molecule has 0 fully saturated rings. The van der Waals surface area contributed by atoms with Crippen LogP contribution in [0.2, 0.25) is 0 Å². The fraction of sp³-hybridized carbons (Fsp3) is 0.103. The first-order valence-corrected chi connectivity index (χ1v) is 10.7. The molecule has 3 heteroatoms. The monoisotopic (exact) mass is 418 g/mol. The molecule has 0 aliphatic carbocycles. The molecule has 0 saturated heterocycles. The maximum atomic E-state index is 11.6. The van der Waals surface area contributed by atoms with E-state index in [0.29, 0.717) is 0 Å². The molecule has 1 heterocycles. The topological polar surface area (TPSA) is 45.8 Å². The first-order valence-electron chi connectivity index (χ1n) is 10.7. The summed E-state index contributed by atoms with van der Waals surface area (Å²) >= 11 is 0. The molecule has 3 nitrogen and oxygen atoms in total. The standard InChI is InChI=1S/C15H12N2O.C14H14/c1-10-6-8-11(9-7-10)14-12-4-2-3-5-13(12)16-15(18)17-14;1-11-7-3-5-9-13(11)14-10-6-4-8-12(14)2/h2-9H,1H3,(H,16,17,18);3-10H,1-2H3. The van der Waals surface area contributed by atoms with Crippen LogP contribution in [0.4, 0.5) is 0 Å². The highest BCUT2D eigenvalue weighted by Gasteiger charge is 2.06. The lowest BCUT2D eigenvalue weighted by Crippen LogP contribution is -2.11. The highest BCUT2D eigenvalue weighted by atomic mass is 16.1. The Kier molecular flexibility index (Phi) is 6.27. The van der Waals surface area contributed by atoms with Gasteiger partial charge in [-0.05, 0) is 49.1 Å². The van der Waals surface area contributed by atoms with E-state index in [1.807, 2.05) is 55.5 Å². The minimum absolute atomic E-state index is 0.315. The van der Waals surface area contributed by atoms with Gasteiger partial charge in [0, 0.05) is 10.9 Å². The van der Waals surface area contributed by atoms with Gasteiger partial charge in [-0.2, -0.15) is 4.98 Å². The third-order valence-corrected chi connectivity index (χ3v) is 5.54. The van der Waals surface area contributed by atoms with Gasteiger partial charge < -0.3 is 4.98 Å². The Morgan fingerprint density at radius 2 is 1.16 bits per heavy atom. The van der Waals surface area contributed by atoms with E-state index in [1.165, 1.54) is 27.8 Å². The van der Waals surface area contributed by atoms with Crippen LogP contribution in [0.25, 0.3) is 33.3 Å². The molecule has 158 valence electrons. The zero-order valence-electron chi connectivity index (χ0n) is 18.6. The van der Waals surface area contributed by atoms with E-state index in [0.717, 1.165) is 22.2 Å². The maximum absolute atomic E-state index is 11.6. The molecule has 1 N–H and O–H groups in total. The van der Waals surface area contributed by atoms with Crippen LogP contribution in [-0.4, -0.2) is 9.97 Å². The largest absolute Gasteiger partial charge is 0.345 e. The Hall–Kier alpha value is -3.98. The van der Waals surface area contributed by atoms with Crippen LogP contribution in [0.3, 0.4) is 0 Å². The van der Waals surface area contributed by atoms with Crippen LogP contribution >= 0.6 is 0 Å². The minimum Gasteiger partial charge on any atom is -0.305 e. The maximum Gasteiger partial charge on any atom is 0.345 e. The van der Waals surface area contributed by atoms with E-state index in [-0.39, 0.29) is 5.69 Å². The number of para-hydroxylation sites is 1. The third kappa shape index (κ3) is 4.68. The second kappa shape index (κ2) is 9.44. The smallest absolute Gasteiger partial charge is 0.305 e. The highest BCUT2D eigenvalue weighted by Crippen LogP contribution is 2.26. The average molecular weight is 419 g/mol. The molecule has 0 aliphatic heterocycles. The number of rotatable bonds is 2. The van der Waals surface area contributed by atoms with Gasteiger partial charge in [0.25, 0.3) is 0 Å². The lowest BCUT2D eigenvalue weighted by atomic mass is 9.97. The second-order valence-electron chi connectivity index (χ2n) is 7.93. The third-order valence-electron chi connectivity index (χ3n) is 5.54. The number of hydrogen-bond acceptors (Lipinski definition) is 2. The Bertz CT molecular complexity index is 1370. The van der Waals surface area contributed by atoms with Crippen LogP contribution in [0.1, 0.15) is 16.7 Å². The van der Waals surface area contributed by atoms with E-state index in [9.17, 15) is 4.79 Å². The van der Waals surface area contributed by atoms with Crippen molar-refractivity contribution in [3.05, 3.63) is 124 Å². The molecule has 32 heavy (non-hydrogen) atoms. The van der Waals surface area contributed by atoms with Crippen LogP contribution < -0.4 is 5.69 Å². The number of H-pyrrole nitrogens is 1. The number of aromatic amines is 1. The van der Waals surface area contributed by atoms with Crippen molar-refractivity contribution in [2.45, 2.75) is 20.8 Å². The summed E-state index contributed by atoms with van der Waals surface area (Å²) < 4.78 is 0. The second-order valence-corrected chi connectivity index (χ2v) is 7.93. The molecule has 5 rings (SSSR count). The first kappa shape index (κ1) is 21.3. The van der Waals surface area contributed by atoms with Gasteiger partial charge in [0.15, 0.2) is 0 Å². The van der Waals surface area contributed by atoms with Crippen LogP contribution in [0.5, 0.6) is 0 Å². The molecular formula is C29H26N2O. The number of fused-ring (bicyclic) bond motifs is 1. The van der Waals surface area contributed by atoms with Crippen molar-refractivity contribution in [3.8, 4) is 22.4 Å². The Morgan fingerprint density at radius 1 is 0.625 bits per heavy atom. The van der Waals surface area contributed by atoms with Gasteiger partial charge in [-0.1, -0.05) is 96.6 Å². The SMILES string of the molecule is Cc1ccc(-c2nc(=O)[nH]c3ccccc23)cc1.Cc1ccccc1-c1ccccc1C. The number of nitrogens with one attached hydrogen (secondary N) is 1. The number of aromatic nitrogens is 2. The van der Waals surface area contributed by atoms with Crippen molar-refractivity contribution in [3.63, 3.8) is 0 Å². The molecule has 0 atom stereocenters. The van der Waals surface area contributed by atoms with Crippen molar-refractivity contribution < 1.29 is 0 Å². The minimum atomic E-state index is -0.315. The predicted molar refractivity (Wildman–Crippen MR) is 134 cm³/mol. The first-order chi connectivity index (χ1) is 15.5. The number of nitrogens with zero attached hydrogens (tertiary/aromatic N) is 1. The van der Waals surface area contributed by atoms with Gasteiger partial charge in [0.05, 0.1) is 11.2 Å². The molecule has 0 saturated carbocycles. The molecule has 4 aromatic carbocycles. The summed E-state index contributed by atoms with van der Waals surface area (Å²) in [6, 6.07) is 32.7. The molecule has 0 aliphatic rings. The van der Waals surface area contributed by atoms with Crippen molar-refractivity contribution in [1.82, 2.24) is 9.97 Å². The quantitative estimate of drug-likeness (QED) is 0.340. The predicted octanol–water partition coefficient (Wildman–Crippen LogP) is 6.87. The Labute approximate surface area is 188 Å². The highest BCUT2D eigenvalue weighted by molar-refractivity contribution is 5.91. The summed E-state index contributed by atoms with van der Waals surface area (Å²) in [5.74, 6) is 0. The molecule has 1 aromatic heterocycles. The number of aryl methyl sites for hydroxylation is 3. The van der Waals surface area contributed by atoms with E-state index in [2.05, 4.69) is 72.3 Å². The summed E-state index contributed by atoms with van der Waals surface area (Å²) in [5, 5.41) is 0.959. The average Bonchev–Trinajstić information content (AvgIpc) is 2.80. The summed E-state index contributed by atoms with van der Waals surface area (Å²) in [7, 11) is 0. The molecule has 0 radical (unpaired) electrons. The summed E-state index contributed by atoms with van der Waals surface area (Å²) in [4.78, 5) is 18.4. The molecule has 0 spiro atoms. The summed E-state index contributed by atoms with van der Waals surface area (Å²) in [6.07, 6.45) is 0. The zero-order valence-corrected chi connectivity index (χ0v) is 18.6. The summed E-state index contributed by atoms with van der Waals surface area (Å²) in [5.41, 5.74) is 8.72.